The standard InChI is InChI=1S/C25H30Cl2FN5O3/c1-32-22-8-6-18(33(12-10-26)13-11-27)15-20(22)30-23(32)9-7-19(29)24(34)31-21(25(35)36)14-16-2-4-17(28)5-3-16/h2-6,8,15,19,21H,7,9-14,29H2,1H3,(H,31,34)(H,35,36)/t19-,21-/m0/s1. The van der Waals surface area contributed by atoms with Gasteiger partial charge < -0.3 is 25.6 Å². The smallest absolute Gasteiger partial charge is 0.326 e. The second kappa shape index (κ2) is 12.9. The number of hydrogen-bond donors (Lipinski definition) is 3. The molecule has 2 aromatic carbocycles. The molecule has 0 aliphatic rings. The van der Waals surface area contributed by atoms with Crippen LogP contribution in [0.5, 0.6) is 0 Å². The van der Waals surface area contributed by atoms with E-state index >= 15 is 0 Å². The molecule has 1 aromatic heterocycles. The number of carbonyl (C=O) groups is 2. The summed E-state index contributed by atoms with van der Waals surface area (Å²) in [5.74, 6) is -0.457. The third kappa shape index (κ3) is 7.09. The second-order valence-corrected chi connectivity index (χ2v) is 9.26. The minimum Gasteiger partial charge on any atom is -0.480 e. The molecule has 0 unspecified atom stereocenters. The number of carboxylic acid groups (broad SMARTS) is 1. The quantitative estimate of drug-likeness (QED) is 0.289. The number of carboxylic acids is 1. The zero-order valence-electron chi connectivity index (χ0n) is 20.0. The van der Waals surface area contributed by atoms with Crippen molar-refractivity contribution in [3.05, 3.63) is 59.7 Å². The third-order valence-corrected chi connectivity index (χ3v) is 6.35. The monoisotopic (exact) mass is 537 g/mol. The molecule has 0 spiro atoms. The van der Waals surface area contributed by atoms with Gasteiger partial charge in [0.25, 0.3) is 0 Å². The first-order chi connectivity index (χ1) is 17.2. The molecule has 36 heavy (non-hydrogen) atoms. The van der Waals surface area contributed by atoms with Gasteiger partial charge in [0.15, 0.2) is 0 Å². The molecular weight excluding hydrogens is 508 g/mol. The highest BCUT2D eigenvalue weighted by atomic mass is 35.5. The van der Waals surface area contributed by atoms with Crippen LogP contribution in [0.3, 0.4) is 0 Å². The Bertz CT molecular complexity index is 1180. The first-order valence-electron chi connectivity index (χ1n) is 11.6. The van der Waals surface area contributed by atoms with Crippen molar-refractivity contribution in [3.63, 3.8) is 0 Å². The summed E-state index contributed by atoms with van der Waals surface area (Å²) < 4.78 is 15.1. The fourth-order valence-electron chi connectivity index (χ4n) is 3.98. The lowest BCUT2D eigenvalue weighted by Crippen LogP contribution is -2.49. The van der Waals surface area contributed by atoms with Gasteiger partial charge in [0.05, 0.1) is 17.1 Å². The second-order valence-electron chi connectivity index (χ2n) is 8.50. The number of amides is 1. The van der Waals surface area contributed by atoms with E-state index in [4.69, 9.17) is 33.9 Å². The minimum atomic E-state index is -1.19. The number of anilines is 1. The number of rotatable bonds is 13. The molecule has 0 saturated heterocycles. The van der Waals surface area contributed by atoms with Gasteiger partial charge in [-0.25, -0.2) is 14.2 Å². The maximum atomic E-state index is 13.1. The van der Waals surface area contributed by atoms with Crippen LogP contribution in [-0.2, 0) is 29.5 Å². The van der Waals surface area contributed by atoms with Crippen LogP contribution in [0.4, 0.5) is 10.1 Å². The molecule has 0 saturated carbocycles. The van der Waals surface area contributed by atoms with Crippen molar-refractivity contribution < 1.29 is 19.1 Å². The number of hydrogen-bond acceptors (Lipinski definition) is 5. The minimum absolute atomic E-state index is 0.0195. The molecule has 0 fully saturated rings. The Kier molecular flexibility index (Phi) is 9.92. The Morgan fingerprint density at radius 2 is 1.83 bits per heavy atom. The molecular formula is C25H30Cl2FN5O3. The zero-order chi connectivity index (χ0) is 26.2. The van der Waals surface area contributed by atoms with Crippen molar-refractivity contribution >= 4 is 51.8 Å². The van der Waals surface area contributed by atoms with Gasteiger partial charge in [-0.1, -0.05) is 12.1 Å². The van der Waals surface area contributed by atoms with Crippen molar-refractivity contribution in [2.45, 2.75) is 31.3 Å². The Morgan fingerprint density at radius 3 is 2.44 bits per heavy atom. The molecule has 0 bridgehead atoms. The van der Waals surface area contributed by atoms with Crippen molar-refractivity contribution in [3.8, 4) is 0 Å². The van der Waals surface area contributed by atoms with E-state index in [1.165, 1.54) is 24.3 Å². The maximum absolute atomic E-state index is 13.1. The number of nitrogens with two attached hydrogens (primary N) is 1. The van der Waals surface area contributed by atoms with E-state index in [0.717, 1.165) is 22.5 Å². The van der Waals surface area contributed by atoms with E-state index in [1.807, 2.05) is 29.8 Å². The Hall–Kier alpha value is -2.88. The molecule has 2 atom stereocenters. The number of aryl methyl sites for hydroxylation is 2. The number of nitrogens with one attached hydrogen (secondary N) is 1. The van der Waals surface area contributed by atoms with Gasteiger partial charge in [-0.15, -0.1) is 23.2 Å². The summed E-state index contributed by atoms with van der Waals surface area (Å²) in [6.45, 7) is 1.34. The normalized spacial score (nSPS) is 12.9. The van der Waals surface area contributed by atoms with E-state index in [2.05, 4.69) is 10.2 Å². The molecule has 8 nitrogen and oxygen atoms in total. The molecule has 0 aliphatic carbocycles. The third-order valence-electron chi connectivity index (χ3n) is 6.01. The summed E-state index contributed by atoms with van der Waals surface area (Å²) in [5, 5.41) is 12.0. The predicted octanol–water partition coefficient (Wildman–Crippen LogP) is 3.07. The lowest BCUT2D eigenvalue weighted by atomic mass is 10.0. The highest BCUT2D eigenvalue weighted by molar-refractivity contribution is 6.18. The van der Waals surface area contributed by atoms with Gasteiger partial charge in [0.1, 0.15) is 17.7 Å². The van der Waals surface area contributed by atoms with E-state index in [-0.39, 0.29) is 12.8 Å². The van der Waals surface area contributed by atoms with Gasteiger partial charge in [0.2, 0.25) is 5.91 Å². The molecule has 4 N–H and O–H groups in total. The summed E-state index contributed by atoms with van der Waals surface area (Å²) in [5.41, 5.74) is 9.39. The topological polar surface area (TPSA) is 113 Å². The van der Waals surface area contributed by atoms with Crippen molar-refractivity contribution in [2.24, 2.45) is 12.8 Å². The fraction of sp³-hybridized carbons (Fsp3) is 0.400. The molecule has 1 heterocycles. The molecule has 1 amide bonds. The molecule has 0 radical (unpaired) electrons. The summed E-state index contributed by atoms with van der Waals surface area (Å²) in [6, 6.07) is 9.33. The number of carbonyl (C=O) groups excluding carboxylic acids is 1. The Balaban J connectivity index is 1.64. The summed E-state index contributed by atoms with van der Waals surface area (Å²) in [6.07, 6.45) is 0.729. The molecule has 3 rings (SSSR count). The van der Waals surface area contributed by atoms with E-state index < -0.39 is 29.8 Å². The number of fused-ring (bicyclic) bond motifs is 1. The van der Waals surface area contributed by atoms with Gasteiger partial charge >= 0.3 is 5.97 Å². The van der Waals surface area contributed by atoms with Crippen LogP contribution in [0.15, 0.2) is 42.5 Å². The number of halogens is 3. The van der Waals surface area contributed by atoms with Gasteiger partial charge in [-0.2, -0.15) is 0 Å². The number of benzene rings is 2. The van der Waals surface area contributed by atoms with Crippen LogP contribution in [0.25, 0.3) is 11.0 Å². The molecule has 3 aromatic rings. The van der Waals surface area contributed by atoms with Crippen LogP contribution < -0.4 is 16.0 Å². The van der Waals surface area contributed by atoms with E-state index in [0.29, 0.717) is 36.8 Å². The first-order valence-corrected chi connectivity index (χ1v) is 12.7. The summed E-state index contributed by atoms with van der Waals surface area (Å²) >= 11 is 11.9. The van der Waals surface area contributed by atoms with Crippen molar-refractivity contribution in [2.75, 3.05) is 29.7 Å². The number of nitrogens with zero attached hydrogens (tertiary/aromatic N) is 3. The number of alkyl halides is 2. The highest BCUT2D eigenvalue weighted by Gasteiger charge is 2.24. The first kappa shape index (κ1) is 27.7. The average molecular weight is 538 g/mol. The van der Waals surface area contributed by atoms with Crippen molar-refractivity contribution in [1.82, 2.24) is 14.9 Å². The van der Waals surface area contributed by atoms with Crippen LogP contribution >= 0.6 is 23.2 Å². The highest BCUT2D eigenvalue weighted by Crippen LogP contribution is 2.23. The number of aliphatic carboxylic acids is 1. The maximum Gasteiger partial charge on any atom is 0.326 e. The van der Waals surface area contributed by atoms with Crippen LogP contribution in [0, 0.1) is 5.82 Å². The largest absolute Gasteiger partial charge is 0.480 e. The van der Waals surface area contributed by atoms with E-state index in [1.54, 1.807) is 0 Å². The average Bonchev–Trinajstić information content (AvgIpc) is 3.17. The van der Waals surface area contributed by atoms with Gasteiger partial charge in [0, 0.05) is 50.4 Å². The van der Waals surface area contributed by atoms with Gasteiger partial charge in [-0.3, -0.25) is 4.79 Å². The summed E-state index contributed by atoms with van der Waals surface area (Å²) in [7, 11) is 1.90. The van der Waals surface area contributed by atoms with Crippen LogP contribution in [0.1, 0.15) is 17.8 Å². The molecule has 11 heteroatoms. The Morgan fingerprint density at radius 1 is 1.17 bits per heavy atom. The molecule has 194 valence electrons. The summed E-state index contributed by atoms with van der Waals surface area (Å²) in [4.78, 5) is 31.1. The molecule has 0 aliphatic heterocycles. The van der Waals surface area contributed by atoms with Crippen molar-refractivity contribution in [1.29, 1.82) is 0 Å². The van der Waals surface area contributed by atoms with Gasteiger partial charge in [-0.05, 0) is 42.3 Å². The van der Waals surface area contributed by atoms with Crippen LogP contribution in [0.2, 0.25) is 0 Å². The van der Waals surface area contributed by atoms with E-state index in [9.17, 15) is 19.1 Å². The number of imidazole rings is 1. The lowest BCUT2D eigenvalue weighted by molar-refractivity contribution is -0.142. The SMILES string of the molecule is Cn1c(CC[C@H](N)C(=O)N[C@@H](Cc2ccc(F)cc2)C(=O)O)nc2cc(N(CCCl)CCCl)ccc21. The predicted molar refractivity (Wildman–Crippen MR) is 140 cm³/mol. The number of aromatic nitrogens is 2. The zero-order valence-corrected chi connectivity index (χ0v) is 21.5. The lowest BCUT2D eigenvalue weighted by Gasteiger charge is -2.22. The Labute approximate surface area is 219 Å². The van der Waals surface area contributed by atoms with Crippen LogP contribution in [-0.4, -0.2) is 63.5 Å². The fourth-order valence-corrected chi connectivity index (χ4v) is 4.39.